The maximum absolute atomic E-state index is 12.0. The van der Waals surface area contributed by atoms with Gasteiger partial charge in [-0.1, -0.05) is 39.0 Å². The lowest BCUT2D eigenvalue weighted by atomic mass is 10.1. The van der Waals surface area contributed by atoms with Gasteiger partial charge in [0, 0.05) is 0 Å². The topological polar surface area (TPSA) is 12.0 Å². The molecule has 0 aliphatic carbocycles. The molecule has 1 unspecified atom stereocenters. The largest absolute Gasteiger partial charge is 0.309 e. The van der Waals surface area contributed by atoms with Crippen LogP contribution in [0.15, 0.2) is 0 Å². The summed E-state index contributed by atoms with van der Waals surface area (Å²) in [6.07, 6.45) is 4.99. The Bertz CT molecular complexity index is 118. The first kappa shape index (κ1) is 13.8. The molecule has 1 atom stereocenters. The number of nitrogens with one attached hydrogen (secondary N) is 1. The molecule has 86 valence electrons. The highest BCUT2D eigenvalue weighted by molar-refractivity contribution is 4.62. The van der Waals surface area contributed by atoms with Crippen LogP contribution in [-0.4, -0.2) is 19.0 Å². The van der Waals surface area contributed by atoms with Crippen LogP contribution in [0.2, 0.25) is 0 Å². The Kier molecular flexibility index (Phi) is 9.26. The van der Waals surface area contributed by atoms with Crippen molar-refractivity contribution >= 4 is 0 Å². The lowest BCUT2D eigenvalue weighted by Gasteiger charge is -2.11. The van der Waals surface area contributed by atoms with Gasteiger partial charge in [-0.3, -0.25) is 0 Å². The maximum Gasteiger partial charge on any atom is 0.253 e. The van der Waals surface area contributed by atoms with Gasteiger partial charge in [-0.2, -0.15) is 0 Å². The van der Waals surface area contributed by atoms with Crippen molar-refractivity contribution in [3.63, 3.8) is 0 Å². The summed E-state index contributed by atoms with van der Waals surface area (Å²) in [5, 5.41) is 2.82. The molecular formula is C11H23F2N. The molecule has 0 heterocycles. The van der Waals surface area contributed by atoms with Crippen molar-refractivity contribution in [2.24, 2.45) is 0 Å². The molecule has 0 aliphatic rings. The SMILES string of the molecule is CCCCCCCCNC(C)C(F)F. The van der Waals surface area contributed by atoms with Gasteiger partial charge >= 0.3 is 0 Å². The van der Waals surface area contributed by atoms with E-state index in [0.29, 0.717) is 0 Å². The molecular weight excluding hydrogens is 184 g/mol. The third-order valence-electron chi connectivity index (χ3n) is 2.37. The lowest BCUT2D eigenvalue weighted by Crippen LogP contribution is -2.33. The van der Waals surface area contributed by atoms with Gasteiger partial charge in [0.15, 0.2) is 0 Å². The van der Waals surface area contributed by atoms with Gasteiger partial charge in [0.1, 0.15) is 0 Å². The lowest BCUT2D eigenvalue weighted by molar-refractivity contribution is 0.106. The second-order valence-corrected chi connectivity index (χ2v) is 3.85. The molecule has 0 rings (SSSR count). The van der Waals surface area contributed by atoms with Crippen LogP contribution in [0.5, 0.6) is 0 Å². The molecule has 3 heteroatoms. The van der Waals surface area contributed by atoms with Crippen molar-refractivity contribution in [2.75, 3.05) is 6.54 Å². The van der Waals surface area contributed by atoms with Gasteiger partial charge < -0.3 is 5.32 Å². The summed E-state index contributed by atoms with van der Waals surface area (Å²) in [7, 11) is 0. The van der Waals surface area contributed by atoms with Crippen LogP contribution >= 0.6 is 0 Å². The first-order valence-electron chi connectivity index (χ1n) is 5.70. The summed E-state index contributed by atoms with van der Waals surface area (Å²) in [5.41, 5.74) is 0. The summed E-state index contributed by atoms with van der Waals surface area (Å²) in [5.74, 6) is 0. The van der Waals surface area contributed by atoms with E-state index in [9.17, 15) is 8.78 Å². The number of hydrogen-bond donors (Lipinski definition) is 1. The van der Waals surface area contributed by atoms with Crippen LogP contribution in [0.4, 0.5) is 8.78 Å². The summed E-state index contributed by atoms with van der Waals surface area (Å²) < 4.78 is 24.1. The van der Waals surface area contributed by atoms with E-state index in [2.05, 4.69) is 12.2 Å². The summed E-state index contributed by atoms with van der Waals surface area (Å²) >= 11 is 0. The Hall–Kier alpha value is -0.180. The number of rotatable bonds is 9. The Balaban J connectivity index is 3.06. The van der Waals surface area contributed by atoms with Crippen molar-refractivity contribution in [3.8, 4) is 0 Å². The minimum absolute atomic E-state index is 0.661. The predicted molar refractivity (Wildman–Crippen MR) is 56.8 cm³/mol. The average Bonchev–Trinajstić information content (AvgIpc) is 2.16. The van der Waals surface area contributed by atoms with Gasteiger partial charge in [-0.15, -0.1) is 0 Å². The average molecular weight is 207 g/mol. The van der Waals surface area contributed by atoms with Crippen LogP contribution < -0.4 is 5.32 Å². The fourth-order valence-electron chi connectivity index (χ4n) is 1.32. The van der Waals surface area contributed by atoms with Gasteiger partial charge in [0.25, 0.3) is 6.43 Å². The Morgan fingerprint density at radius 3 is 2.14 bits per heavy atom. The van der Waals surface area contributed by atoms with Gasteiger partial charge in [0.2, 0.25) is 0 Å². The van der Waals surface area contributed by atoms with Crippen molar-refractivity contribution in [1.29, 1.82) is 0 Å². The standard InChI is InChI=1S/C11H23F2N/c1-3-4-5-6-7-8-9-14-10(2)11(12)13/h10-11,14H,3-9H2,1-2H3. The van der Waals surface area contributed by atoms with E-state index >= 15 is 0 Å². The molecule has 0 radical (unpaired) electrons. The zero-order valence-corrected chi connectivity index (χ0v) is 9.36. The van der Waals surface area contributed by atoms with Crippen LogP contribution in [0, 0.1) is 0 Å². The fourth-order valence-corrected chi connectivity index (χ4v) is 1.32. The second kappa shape index (κ2) is 9.38. The number of alkyl halides is 2. The molecule has 0 aliphatic heterocycles. The smallest absolute Gasteiger partial charge is 0.253 e. The van der Waals surface area contributed by atoms with Crippen molar-refractivity contribution in [1.82, 2.24) is 5.32 Å². The van der Waals surface area contributed by atoms with Crippen molar-refractivity contribution in [2.45, 2.75) is 64.8 Å². The molecule has 0 amide bonds. The first-order chi connectivity index (χ1) is 6.68. The summed E-state index contributed by atoms with van der Waals surface area (Å²) in [6, 6.07) is -0.661. The number of unbranched alkanes of at least 4 members (excludes halogenated alkanes) is 5. The normalized spacial score (nSPS) is 13.5. The highest BCUT2D eigenvalue weighted by atomic mass is 19.3. The van der Waals surface area contributed by atoms with E-state index in [-0.39, 0.29) is 0 Å². The molecule has 0 aromatic rings. The quantitative estimate of drug-likeness (QED) is 0.570. The summed E-state index contributed by atoms with van der Waals surface area (Å²) in [6.45, 7) is 4.44. The van der Waals surface area contributed by atoms with E-state index in [1.807, 2.05) is 0 Å². The molecule has 0 saturated heterocycles. The fraction of sp³-hybridized carbons (Fsp3) is 1.00. The Labute approximate surface area is 86.3 Å². The van der Waals surface area contributed by atoms with Crippen molar-refractivity contribution in [3.05, 3.63) is 0 Å². The first-order valence-corrected chi connectivity index (χ1v) is 5.70. The van der Waals surface area contributed by atoms with Gasteiger partial charge in [0.05, 0.1) is 6.04 Å². The Morgan fingerprint density at radius 1 is 1.00 bits per heavy atom. The molecule has 1 N–H and O–H groups in total. The molecule has 0 spiro atoms. The summed E-state index contributed by atoms with van der Waals surface area (Å²) in [4.78, 5) is 0. The molecule has 0 fully saturated rings. The second-order valence-electron chi connectivity index (χ2n) is 3.85. The minimum Gasteiger partial charge on any atom is -0.309 e. The molecule has 0 bridgehead atoms. The zero-order valence-electron chi connectivity index (χ0n) is 9.36. The maximum atomic E-state index is 12.0. The highest BCUT2D eigenvalue weighted by Crippen LogP contribution is 2.05. The monoisotopic (exact) mass is 207 g/mol. The molecule has 1 nitrogen and oxygen atoms in total. The van der Waals surface area contributed by atoms with Crippen LogP contribution in [-0.2, 0) is 0 Å². The molecule has 0 saturated carbocycles. The molecule has 14 heavy (non-hydrogen) atoms. The van der Waals surface area contributed by atoms with E-state index in [4.69, 9.17) is 0 Å². The Morgan fingerprint density at radius 2 is 1.57 bits per heavy atom. The third kappa shape index (κ3) is 8.42. The van der Waals surface area contributed by atoms with E-state index in [0.717, 1.165) is 19.4 Å². The van der Waals surface area contributed by atoms with E-state index in [1.165, 1.54) is 32.6 Å². The molecule has 0 aromatic heterocycles. The van der Waals surface area contributed by atoms with Crippen LogP contribution in [0.1, 0.15) is 52.4 Å². The van der Waals surface area contributed by atoms with Crippen LogP contribution in [0.25, 0.3) is 0 Å². The van der Waals surface area contributed by atoms with Gasteiger partial charge in [-0.05, 0) is 19.9 Å². The molecule has 0 aromatic carbocycles. The zero-order chi connectivity index (χ0) is 10.8. The number of hydrogen-bond acceptors (Lipinski definition) is 1. The van der Waals surface area contributed by atoms with E-state index in [1.54, 1.807) is 0 Å². The highest BCUT2D eigenvalue weighted by Gasteiger charge is 2.12. The third-order valence-corrected chi connectivity index (χ3v) is 2.37. The number of halogens is 2. The van der Waals surface area contributed by atoms with Crippen LogP contribution in [0.3, 0.4) is 0 Å². The van der Waals surface area contributed by atoms with E-state index < -0.39 is 12.5 Å². The van der Waals surface area contributed by atoms with Crippen molar-refractivity contribution < 1.29 is 8.78 Å². The minimum atomic E-state index is -2.24. The van der Waals surface area contributed by atoms with Gasteiger partial charge in [-0.25, -0.2) is 8.78 Å². The predicted octanol–water partition coefficient (Wildman–Crippen LogP) is 3.59.